The first-order chi connectivity index (χ1) is 46.8. The van der Waals surface area contributed by atoms with Crippen molar-refractivity contribution in [3.63, 3.8) is 0 Å². The Morgan fingerprint density at radius 3 is 1.66 bits per heavy atom. The van der Waals surface area contributed by atoms with Crippen molar-refractivity contribution in [2.75, 3.05) is 33.0 Å². The molecule has 10 rings (SSSR count). The van der Waals surface area contributed by atoms with Crippen LogP contribution in [0.3, 0.4) is 0 Å². The molecule has 33 heteroatoms. The maximum Gasteiger partial charge on any atom is 0.335 e. The SMILES string of the molecule is CC(=O)OC[C@H]1O[C@H](O[C@@H]2[C@H](O)[C@H](O[C@H]3[C@@H](O)C(C)(C)C[C@H]4C5=CC[C@@H]6[C@@]7(C)CC[C@H](O[C@@H]8O[C@@H](C(=O)O)[C@@H](O)[C@@H](O)[C@H]8O[C@@H]8O[C@H](CO)[C@H](O)[C@H](O)[C@H]8O[C@H]8O[C@H](CO)[C@H](O)[C@@H](O)[C@@H]8O)[C@](C)(CO)[C@H]7CC[C@]6(C)[C@@]5(C)CC[C@@]43C)OC[C@@H]2O)[C@H](OC(C)=O)[C@H](OC(C)=O)[C@@H]1OC(C)=O. The molecule has 0 radical (unpaired) electrons. The van der Waals surface area contributed by atoms with E-state index in [0.717, 1.165) is 27.7 Å². The largest absolute Gasteiger partial charge is 0.479 e. The van der Waals surface area contributed by atoms with Gasteiger partial charge in [0, 0.05) is 38.5 Å². The molecule has 14 N–H and O–H groups in total. The first-order valence-corrected chi connectivity index (χ1v) is 34.5. The van der Waals surface area contributed by atoms with Gasteiger partial charge in [0.1, 0.15) is 98.2 Å². The molecule has 0 aromatic rings. The molecule has 100 heavy (non-hydrogen) atoms. The number of aliphatic hydroxyl groups excluding tert-OH is 13. The van der Waals surface area contributed by atoms with Crippen molar-refractivity contribution >= 4 is 29.8 Å². The molecule has 0 amide bonds. The second-order valence-electron chi connectivity index (χ2n) is 31.2. The molecule has 5 aliphatic heterocycles. The molecule has 0 bridgehead atoms. The van der Waals surface area contributed by atoms with E-state index in [1.807, 2.05) is 20.8 Å². The molecule has 33 nitrogen and oxygen atoms in total. The molecular weight excluding hydrogens is 1330 g/mol. The second kappa shape index (κ2) is 29.8. The van der Waals surface area contributed by atoms with Crippen LogP contribution in [0.15, 0.2) is 11.6 Å². The van der Waals surface area contributed by atoms with Crippen LogP contribution >= 0.6 is 0 Å². The van der Waals surface area contributed by atoms with Crippen molar-refractivity contribution in [2.24, 2.45) is 50.2 Å². The van der Waals surface area contributed by atoms with Gasteiger partial charge in [0.2, 0.25) is 0 Å². The van der Waals surface area contributed by atoms with Gasteiger partial charge in [-0.05, 0) is 90.8 Å². The van der Waals surface area contributed by atoms with E-state index in [1.165, 1.54) is 5.57 Å². The van der Waals surface area contributed by atoms with Crippen molar-refractivity contribution in [3.8, 4) is 0 Å². The van der Waals surface area contributed by atoms with E-state index in [0.29, 0.717) is 44.9 Å². The summed E-state index contributed by atoms with van der Waals surface area (Å²) in [6.45, 7) is 15.7. The Hall–Kier alpha value is -3.83. The Balaban J connectivity index is 0.893. The average molecular weight is 1440 g/mol. The maximum atomic E-state index is 12.7. The Bertz CT molecular complexity index is 2950. The summed E-state index contributed by atoms with van der Waals surface area (Å²) in [7, 11) is 0. The first kappa shape index (κ1) is 78.8. The lowest BCUT2D eigenvalue weighted by Gasteiger charge is -2.72. The number of aliphatic hydroxyl groups is 13. The fraction of sp³-hybridized carbons (Fsp3) is 0.896. The lowest BCUT2D eigenvalue weighted by molar-refractivity contribution is -0.397. The van der Waals surface area contributed by atoms with E-state index in [1.54, 1.807) is 0 Å². The number of aliphatic carboxylic acids is 1. The minimum atomic E-state index is -2.19. The minimum absolute atomic E-state index is 0.0184. The quantitative estimate of drug-likeness (QED) is 0.0269. The minimum Gasteiger partial charge on any atom is -0.479 e. The van der Waals surface area contributed by atoms with Crippen LogP contribution in [-0.2, 0) is 90.3 Å². The number of hydrogen-bond acceptors (Lipinski definition) is 32. The number of carbonyl (C=O) groups is 5. The van der Waals surface area contributed by atoms with Gasteiger partial charge in [-0.2, -0.15) is 0 Å². The zero-order chi connectivity index (χ0) is 73.6. The van der Waals surface area contributed by atoms with Gasteiger partial charge in [0.05, 0.1) is 44.7 Å². The fourth-order valence-electron chi connectivity index (χ4n) is 19.0. The predicted octanol–water partition coefficient (Wildman–Crippen LogP) is -2.78. The van der Waals surface area contributed by atoms with Gasteiger partial charge in [-0.3, -0.25) is 19.2 Å². The molecule has 9 fully saturated rings. The standard InChI is InChI=1S/C67H104O33/c1-26(71)87-24-35-48(89-27(2)72)52(90-28(3)73)53(91-29(4)74)61(94-35)96-47-32(75)23-88-57(46(47)83)100-55-54(84)62(5,6)20-31-30-12-13-37-64(8)16-15-38(65(9,25-70)36(64)14-17-67(37,11)66(30,10)19-18-63(31,55)7)95-60-51(44(81)43(80)49(97-60)56(85)86)99-59-50(42(79)40(77)34(22-69)93-59)98-58-45(82)41(78)39(76)33(21-68)92-58/h12,31-55,57-61,68-70,75-84H,13-25H2,1-11H3,(H,85,86)/t31-,32-,33+,34+,35+,36-,37+,38-,39-,40-,41+,42-,43-,44+,45-,46-,47-,48+,49+,50+,51+,52+,53+,54+,55-,57-,58+,59-,60+,61+,63-,64-,65+,66-,67-/m0/s1. The lowest BCUT2D eigenvalue weighted by atomic mass is 9.33. The molecule has 0 spiro atoms. The topological polar surface area (TPSA) is 498 Å². The number of rotatable bonds is 19. The summed E-state index contributed by atoms with van der Waals surface area (Å²) in [6, 6.07) is 0. The first-order valence-electron chi connectivity index (χ1n) is 34.5. The summed E-state index contributed by atoms with van der Waals surface area (Å²) < 4.78 is 83.5. The number of esters is 4. The lowest BCUT2D eigenvalue weighted by Crippen LogP contribution is -2.69. The van der Waals surface area contributed by atoms with Gasteiger partial charge < -0.3 is 138 Å². The van der Waals surface area contributed by atoms with E-state index >= 15 is 0 Å². The number of carboxylic acids is 1. The monoisotopic (exact) mass is 1440 g/mol. The molecule has 10 aliphatic rings. The van der Waals surface area contributed by atoms with E-state index in [2.05, 4.69) is 33.8 Å². The van der Waals surface area contributed by atoms with Crippen LogP contribution in [0, 0.1) is 50.2 Å². The molecule has 0 aromatic carbocycles. The van der Waals surface area contributed by atoms with E-state index in [9.17, 15) is 95.5 Å². The molecule has 35 atom stereocenters. The number of carbonyl (C=O) groups excluding carboxylic acids is 4. The molecule has 4 saturated carbocycles. The highest BCUT2D eigenvalue weighted by atomic mass is 16.8. The third-order valence-corrected chi connectivity index (χ3v) is 24.7. The highest BCUT2D eigenvalue weighted by Gasteiger charge is 2.71. The number of fused-ring (bicyclic) bond motifs is 7. The zero-order valence-electron chi connectivity index (χ0n) is 58.1. The number of allylic oxidation sites excluding steroid dienone is 2. The molecule has 5 aliphatic carbocycles. The number of hydrogen-bond donors (Lipinski definition) is 14. The fourth-order valence-corrected chi connectivity index (χ4v) is 19.0. The average Bonchev–Trinajstić information content (AvgIpc) is 0.673. The molecule has 0 aromatic heterocycles. The van der Waals surface area contributed by atoms with Gasteiger partial charge in [-0.25, -0.2) is 4.79 Å². The third kappa shape index (κ3) is 14.1. The highest BCUT2D eigenvalue weighted by Crippen LogP contribution is 2.76. The normalized spacial score (nSPS) is 50.0. The van der Waals surface area contributed by atoms with Gasteiger partial charge in [0.15, 0.2) is 55.9 Å². The molecule has 570 valence electrons. The molecule has 5 heterocycles. The van der Waals surface area contributed by atoms with Gasteiger partial charge in [-0.1, -0.05) is 60.1 Å². The van der Waals surface area contributed by atoms with Crippen LogP contribution in [0.4, 0.5) is 0 Å². The second-order valence-corrected chi connectivity index (χ2v) is 31.2. The van der Waals surface area contributed by atoms with Crippen LogP contribution in [-0.4, -0.2) is 300 Å². The summed E-state index contributed by atoms with van der Waals surface area (Å²) in [4.78, 5) is 62.5. The Morgan fingerprint density at radius 2 is 1.06 bits per heavy atom. The zero-order valence-corrected chi connectivity index (χ0v) is 58.1. The van der Waals surface area contributed by atoms with Crippen LogP contribution in [0.25, 0.3) is 0 Å². The number of ether oxygens (including phenoxy) is 14. The van der Waals surface area contributed by atoms with Crippen LogP contribution in [0.5, 0.6) is 0 Å². The Morgan fingerprint density at radius 1 is 0.510 bits per heavy atom. The smallest absolute Gasteiger partial charge is 0.335 e. The summed E-state index contributed by atoms with van der Waals surface area (Å²) in [5, 5.41) is 156. The summed E-state index contributed by atoms with van der Waals surface area (Å²) in [6.07, 6.45) is -40.3. The van der Waals surface area contributed by atoms with Crippen molar-refractivity contribution < 1.29 is 162 Å². The molecule has 0 unspecified atom stereocenters. The van der Waals surface area contributed by atoms with Crippen LogP contribution < -0.4 is 0 Å². The number of carboxylic acid groups (broad SMARTS) is 1. The van der Waals surface area contributed by atoms with Gasteiger partial charge in [0.25, 0.3) is 0 Å². The summed E-state index contributed by atoms with van der Waals surface area (Å²) in [5.74, 6) is -5.61. The van der Waals surface area contributed by atoms with Crippen molar-refractivity contribution in [2.45, 2.75) is 293 Å². The predicted molar refractivity (Wildman–Crippen MR) is 331 cm³/mol. The van der Waals surface area contributed by atoms with Crippen LogP contribution in [0.1, 0.15) is 128 Å². The van der Waals surface area contributed by atoms with Gasteiger partial charge >= 0.3 is 29.8 Å². The highest BCUT2D eigenvalue weighted by molar-refractivity contribution is 5.73. The van der Waals surface area contributed by atoms with E-state index < -0.39 is 261 Å². The maximum absolute atomic E-state index is 12.7. The van der Waals surface area contributed by atoms with Gasteiger partial charge in [-0.15, -0.1) is 0 Å². The molecule has 5 saturated heterocycles. The van der Waals surface area contributed by atoms with Crippen molar-refractivity contribution in [1.82, 2.24) is 0 Å². The van der Waals surface area contributed by atoms with Crippen molar-refractivity contribution in [1.29, 1.82) is 0 Å². The summed E-state index contributed by atoms with van der Waals surface area (Å²) >= 11 is 0. The van der Waals surface area contributed by atoms with Crippen LogP contribution in [0.2, 0.25) is 0 Å². The Labute approximate surface area is 578 Å². The molecular formula is C67H104O33. The summed E-state index contributed by atoms with van der Waals surface area (Å²) in [5.41, 5.74) is -2.96. The van der Waals surface area contributed by atoms with Crippen molar-refractivity contribution in [3.05, 3.63) is 11.6 Å². The van der Waals surface area contributed by atoms with E-state index in [4.69, 9.17) is 66.3 Å². The Kier molecular flexibility index (Phi) is 23.5. The third-order valence-electron chi connectivity index (χ3n) is 24.7. The van der Waals surface area contributed by atoms with E-state index in [-0.39, 0.29) is 24.2 Å².